The van der Waals surface area contributed by atoms with Gasteiger partial charge in [0.05, 0.1) is 7.11 Å². The van der Waals surface area contributed by atoms with E-state index in [4.69, 9.17) is 21.1 Å². The zero-order valence-corrected chi connectivity index (χ0v) is 15.3. The summed E-state index contributed by atoms with van der Waals surface area (Å²) in [6.07, 6.45) is 0. The lowest BCUT2D eigenvalue weighted by atomic mass is 10.3. The summed E-state index contributed by atoms with van der Waals surface area (Å²) in [4.78, 5) is 12.0. The Morgan fingerprint density at radius 2 is 1.92 bits per heavy atom. The first-order valence-corrected chi connectivity index (χ1v) is 8.74. The molecule has 1 aromatic heterocycles. The van der Waals surface area contributed by atoms with Gasteiger partial charge in [0.2, 0.25) is 5.13 Å². The first kappa shape index (κ1) is 18.0. The van der Waals surface area contributed by atoms with Crippen molar-refractivity contribution in [1.82, 2.24) is 10.2 Å². The van der Waals surface area contributed by atoms with Crippen molar-refractivity contribution in [2.45, 2.75) is 6.61 Å². The number of urea groups is 1. The summed E-state index contributed by atoms with van der Waals surface area (Å²) in [5, 5.41) is 14.9. The normalized spacial score (nSPS) is 10.2. The summed E-state index contributed by atoms with van der Waals surface area (Å²) in [7, 11) is 1.56. The Bertz CT molecular complexity index is 886. The molecular weight excluding hydrogens is 376 g/mol. The molecule has 0 unspecified atom stereocenters. The molecule has 2 aromatic carbocycles. The molecule has 7 nitrogen and oxygen atoms in total. The van der Waals surface area contributed by atoms with Gasteiger partial charge in [-0.2, -0.15) is 0 Å². The largest absolute Gasteiger partial charge is 0.497 e. The van der Waals surface area contributed by atoms with Crippen LogP contribution in [0.15, 0.2) is 48.5 Å². The third-order valence-corrected chi connectivity index (χ3v) is 4.26. The number of amides is 2. The molecule has 26 heavy (non-hydrogen) atoms. The Labute approximate surface area is 158 Å². The van der Waals surface area contributed by atoms with Crippen LogP contribution >= 0.6 is 22.9 Å². The van der Waals surface area contributed by atoms with Gasteiger partial charge >= 0.3 is 6.03 Å². The minimum atomic E-state index is -0.417. The Morgan fingerprint density at radius 3 is 2.69 bits per heavy atom. The standard InChI is InChI=1S/C17H15ClN4O3S/c1-24-14-4-2-3-12(9-14)19-16(23)20-17-22-21-15(26-17)10-25-13-7-5-11(18)6-8-13/h2-9H,10H2,1H3,(H2,19,20,22,23). The first-order valence-electron chi connectivity index (χ1n) is 7.55. The van der Waals surface area contributed by atoms with E-state index in [1.807, 2.05) is 0 Å². The fraction of sp³-hybridized carbons (Fsp3) is 0.118. The lowest BCUT2D eigenvalue weighted by Gasteiger charge is -2.06. The zero-order chi connectivity index (χ0) is 18.4. The van der Waals surface area contributed by atoms with Crippen LogP contribution in [0.1, 0.15) is 5.01 Å². The van der Waals surface area contributed by atoms with E-state index in [-0.39, 0.29) is 6.61 Å². The van der Waals surface area contributed by atoms with Gasteiger partial charge in [-0.3, -0.25) is 5.32 Å². The maximum Gasteiger partial charge on any atom is 0.325 e. The highest BCUT2D eigenvalue weighted by molar-refractivity contribution is 7.15. The number of nitrogens with zero attached hydrogens (tertiary/aromatic N) is 2. The SMILES string of the molecule is COc1cccc(NC(=O)Nc2nnc(COc3ccc(Cl)cc3)s2)c1. The predicted molar refractivity (Wildman–Crippen MR) is 101 cm³/mol. The summed E-state index contributed by atoms with van der Waals surface area (Å²) in [6.45, 7) is 0.248. The smallest absolute Gasteiger partial charge is 0.325 e. The molecule has 2 N–H and O–H groups in total. The van der Waals surface area contributed by atoms with E-state index >= 15 is 0 Å². The molecule has 0 saturated heterocycles. The predicted octanol–water partition coefficient (Wildman–Crippen LogP) is 4.42. The summed E-state index contributed by atoms with van der Waals surface area (Å²) >= 11 is 7.06. The van der Waals surface area contributed by atoms with Crippen LogP contribution in [-0.2, 0) is 6.61 Å². The number of anilines is 2. The number of hydrogen-bond acceptors (Lipinski definition) is 6. The highest BCUT2D eigenvalue weighted by Gasteiger charge is 2.09. The number of rotatable bonds is 6. The third kappa shape index (κ3) is 5.08. The molecule has 0 saturated carbocycles. The fourth-order valence-electron chi connectivity index (χ4n) is 2.00. The van der Waals surface area contributed by atoms with E-state index in [0.29, 0.717) is 32.3 Å². The van der Waals surface area contributed by atoms with Gasteiger partial charge in [0, 0.05) is 16.8 Å². The van der Waals surface area contributed by atoms with Crippen LogP contribution < -0.4 is 20.1 Å². The van der Waals surface area contributed by atoms with Gasteiger partial charge < -0.3 is 14.8 Å². The number of methoxy groups -OCH3 is 1. The van der Waals surface area contributed by atoms with Crippen LogP contribution in [0.5, 0.6) is 11.5 Å². The van der Waals surface area contributed by atoms with Crippen LogP contribution in [0.2, 0.25) is 5.02 Å². The second kappa shape index (κ2) is 8.50. The first-order chi connectivity index (χ1) is 12.6. The summed E-state index contributed by atoms with van der Waals surface area (Å²) in [5.74, 6) is 1.33. The van der Waals surface area contributed by atoms with Gasteiger partial charge in [-0.15, -0.1) is 10.2 Å². The quantitative estimate of drug-likeness (QED) is 0.650. The van der Waals surface area contributed by atoms with Crippen molar-refractivity contribution < 1.29 is 14.3 Å². The number of hydrogen-bond donors (Lipinski definition) is 2. The molecule has 9 heteroatoms. The molecule has 0 atom stereocenters. The van der Waals surface area contributed by atoms with Crippen molar-refractivity contribution in [3.63, 3.8) is 0 Å². The topological polar surface area (TPSA) is 85.4 Å². The summed E-state index contributed by atoms with van der Waals surface area (Å²) in [5.41, 5.74) is 0.609. The Balaban J connectivity index is 1.52. The van der Waals surface area contributed by atoms with Crippen molar-refractivity contribution in [1.29, 1.82) is 0 Å². The zero-order valence-electron chi connectivity index (χ0n) is 13.7. The molecular formula is C17H15ClN4O3S. The number of benzene rings is 2. The Morgan fingerprint density at radius 1 is 1.12 bits per heavy atom. The summed E-state index contributed by atoms with van der Waals surface area (Å²) < 4.78 is 10.7. The number of carbonyl (C=O) groups is 1. The lowest BCUT2D eigenvalue weighted by molar-refractivity contribution is 0.262. The van der Waals surface area contributed by atoms with Gasteiger partial charge in [-0.25, -0.2) is 4.79 Å². The number of nitrogens with one attached hydrogen (secondary N) is 2. The molecule has 0 aliphatic carbocycles. The maximum absolute atomic E-state index is 12.0. The van der Waals surface area contributed by atoms with Crippen molar-refractivity contribution >= 4 is 39.8 Å². The molecule has 0 fully saturated rings. The van der Waals surface area contributed by atoms with Crippen LogP contribution in [0.25, 0.3) is 0 Å². The van der Waals surface area contributed by atoms with E-state index in [1.165, 1.54) is 11.3 Å². The van der Waals surface area contributed by atoms with Crippen molar-refractivity contribution in [2.24, 2.45) is 0 Å². The average Bonchev–Trinajstić information content (AvgIpc) is 3.08. The lowest BCUT2D eigenvalue weighted by Crippen LogP contribution is -2.19. The molecule has 2 amide bonds. The van der Waals surface area contributed by atoms with Crippen molar-refractivity contribution in [3.05, 3.63) is 58.6 Å². The Hall–Kier alpha value is -2.84. The van der Waals surface area contributed by atoms with Crippen LogP contribution in [0.4, 0.5) is 15.6 Å². The number of halogens is 1. The van der Waals surface area contributed by atoms with Crippen LogP contribution in [0.3, 0.4) is 0 Å². The average molecular weight is 391 g/mol. The van der Waals surface area contributed by atoms with E-state index in [0.717, 1.165) is 0 Å². The molecule has 0 aliphatic heterocycles. The minimum Gasteiger partial charge on any atom is -0.497 e. The molecule has 0 aliphatic rings. The van der Waals surface area contributed by atoms with Crippen molar-refractivity contribution in [2.75, 3.05) is 17.7 Å². The molecule has 3 rings (SSSR count). The molecule has 134 valence electrons. The van der Waals surface area contributed by atoms with Crippen molar-refractivity contribution in [3.8, 4) is 11.5 Å². The second-order valence-electron chi connectivity index (χ2n) is 5.05. The van der Waals surface area contributed by atoms with E-state index in [9.17, 15) is 4.79 Å². The van der Waals surface area contributed by atoms with Gasteiger partial charge in [-0.05, 0) is 36.4 Å². The van der Waals surface area contributed by atoms with Gasteiger partial charge in [0.15, 0.2) is 5.01 Å². The number of carbonyl (C=O) groups excluding carboxylic acids is 1. The fourth-order valence-corrected chi connectivity index (χ4v) is 2.77. The van der Waals surface area contributed by atoms with Crippen LogP contribution in [0, 0.1) is 0 Å². The van der Waals surface area contributed by atoms with Gasteiger partial charge in [0.25, 0.3) is 0 Å². The molecule has 0 radical (unpaired) electrons. The second-order valence-corrected chi connectivity index (χ2v) is 6.55. The Kier molecular flexibility index (Phi) is 5.88. The number of aromatic nitrogens is 2. The monoisotopic (exact) mass is 390 g/mol. The molecule has 1 heterocycles. The highest BCUT2D eigenvalue weighted by atomic mass is 35.5. The minimum absolute atomic E-state index is 0.248. The van der Waals surface area contributed by atoms with E-state index in [1.54, 1.807) is 55.6 Å². The van der Waals surface area contributed by atoms with E-state index < -0.39 is 6.03 Å². The molecule has 0 bridgehead atoms. The van der Waals surface area contributed by atoms with E-state index in [2.05, 4.69) is 20.8 Å². The van der Waals surface area contributed by atoms with Gasteiger partial charge in [-0.1, -0.05) is 29.0 Å². The highest BCUT2D eigenvalue weighted by Crippen LogP contribution is 2.21. The number of ether oxygens (including phenoxy) is 2. The molecule has 3 aromatic rings. The summed E-state index contributed by atoms with van der Waals surface area (Å²) in [6, 6.07) is 13.7. The molecule has 0 spiro atoms. The van der Waals surface area contributed by atoms with Gasteiger partial charge in [0.1, 0.15) is 18.1 Å². The van der Waals surface area contributed by atoms with Crippen LogP contribution in [-0.4, -0.2) is 23.3 Å². The third-order valence-electron chi connectivity index (χ3n) is 3.19. The maximum atomic E-state index is 12.0.